The maximum Gasteiger partial charge on any atom is 0.347 e. The molecule has 1 aliphatic rings. The molecule has 0 N–H and O–H groups in total. The van der Waals surface area contributed by atoms with Crippen LogP contribution in [-0.4, -0.2) is 12.1 Å². The van der Waals surface area contributed by atoms with Crippen LogP contribution in [0.25, 0.3) is 11.0 Å². The molecule has 1 atom stereocenters. The van der Waals surface area contributed by atoms with Crippen molar-refractivity contribution in [3.8, 4) is 5.75 Å². The minimum absolute atomic E-state index is 0.00219. The van der Waals surface area contributed by atoms with Gasteiger partial charge in [-0.25, -0.2) is 9.59 Å². The summed E-state index contributed by atoms with van der Waals surface area (Å²) in [4.78, 5) is 24.2. The highest BCUT2D eigenvalue weighted by molar-refractivity contribution is 5.82. The number of hydrogen-bond donors (Lipinski definition) is 0. The topological polar surface area (TPSA) is 65.7 Å². The lowest BCUT2D eigenvalue weighted by Crippen LogP contribution is -2.26. The molecule has 2 aromatic carbocycles. The van der Waals surface area contributed by atoms with Gasteiger partial charge in [0.05, 0.1) is 0 Å². The van der Waals surface area contributed by atoms with Crippen molar-refractivity contribution in [3.05, 3.63) is 75.6 Å². The maximum atomic E-state index is 12.3. The number of carbonyl (C=O) groups excluding carboxylic acids is 1. The Morgan fingerprint density at radius 2 is 1.85 bits per heavy atom. The van der Waals surface area contributed by atoms with E-state index in [4.69, 9.17) is 13.9 Å². The Kier molecular flexibility index (Phi) is 4.67. The lowest BCUT2D eigenvalue weighted by Gasteiger charge is -2.14. The second-order valence-corrected chi connectivity index (χ2v) is 6.74. The molecule has 0 aliphatic heterocycles. The van der Waals surface area contributed by atoms with Crippen LogP contribution >= 0.6 is 0 Å². The SMILES string of the molecule is CC(Oc1ccccc1)C(=O)OCc1cc(=O)oc2cc3c(cc12)CCC3. The number of para-hydroxylation sites is 1. The van der Waals surface area contributed by atoms with E-state index < -0.39 is 17.7 Å². The van der Waals surface area contributed by atoms with Crippen LogP contribution in [0.2, 0.25) is 0 Å². The molecular weight excluding hydrogens is 344 g/mol. The predicted octanol–water partition coefficient (Wildman–Crippen LogP) is 3.79. The van der Waals surface area contributed by atoms with Crippen molar-refractivity contribution in [2.45, 2.75) is 38.9 Å². The van der Waals surface area contributed by atoms with Gasteiger partial charge in [0.15, 0.2) is 6.10 Å². The minimum Gasteiger partial charge on any atom is -0.479 e. The zero-order valence-electron chi connectivity index (χ0n) is 15.1. The second-order valence-electron chi connectivity index (χ2n) is 6.74. The standard InChI is InChI=1S/C22H20O5/c1-14(26-18-8-3-2-4-9-18)22(24)25-13-17-12-21(23)27-20-11-16-7-5-6-15(16)10-19(17)20/h2-4,8-12,14H,5-7,13H2,1H3. The minimum atomic E-state index is -0.747. The van der Waals surface area contributed by atoms with Crippen molar-refractivity contribution in [1.82, 2.24) is 0 Å². The zero-order valence-corrected chi connectivity index (χ0v) is 15.1. The Bertz CT molecular complexity index is 1040. The molecule has 0 saturated carbocycles. The number of aryl methyl sites for hydroxylation is 2. The highest BCUT2D eigenvalue weighted by atomic mass is 16.6. The molecule has 0 bridgehead atoms. The first-order chi connectivity index (χ1) is 13.1. The van der Waals surface area contributed by atoms with E-state index in [9.17, 15) is 9.59 Å². The predicted molar refractivity (Wildman–Crippen MR) is 101 cm³/mol. The van der Waals surface area contributed by atoms with Gasteiger partial charge in [-0.1, -0.05) is 18.2 Å². The molecule has 1 aromatic heterocycles. The fourth-order valence-electron chi connectivity index (χ4n) is 3.43. The van der Waals surface area contributed by atoms with Crippen molar-refractivity contribution in [1.29, 1.82) is 0 Å². The molecule has 5 heteroatoms. The Hall–Kier alpha value is -3.08. The van der Waals surface area contributed by atoms with Gasteiger partial charge in [0.2, 0.25) is 0 Å². The normalized spacial score (nSPS) is 14.0. The number of esters is 1. The Labute approximate surface area is 156 Å². The number of carbonyl (C=O) groups is 1. The van der Waals surface area contributed by atoms with Crippen molar-refractivity contribution < 1.29 is 18.7 Å². The number of benzene rings is 2. The lowest BCUT2D eigenvalue weighted by atomic mass is 10.0. The molecule has 3 aromatic rings. The smallest absolute Gasteiger partial charge is 0.347 e. The average Bonchev–Trinajstić information content (AvgIpc) is 3.12. The van der Waals surface area contributed by atoms with Crippen LogP contribution in [0.4, 0.5) is 0 Å². The monoisotopic (exact) mass is 364 g/mol. The van der Waals surface area contributed by atoms with Gasteiger partial charge >= 0.3 is 11.6 Å². The van der Waals surface area contributed by atoms with Gasteiger partial charge in [-0.05, 0) is 61.6 Å². The summed E-state index contributed by atoms with van der Waals surface area (Å²) in [6.45, 7) is 1.64. The summed E-state index contributed by atoms with van der Waals surface area (Å²) < 4.78 is 16.3. The van der Waals surface area contributed by atoms with Crippen LogP contribution in [0, 0.1) is 0 Å². The Balaban J connectivity index is 1.51. The molecule has 0 fully saturated rings. The van der Waals surface area contributed by atoms with E-state index in [-0.39, 0.29) is 6.61 Å². The summed E-state index contributed by atoms with van der Waals surface area (Å²) in [5, 5.41) is 0.819. The largest absolute Gasteiger partial charge is 0.479 e. The van der Waals surface area contributed by atoms with Crippen molar-refractivity contribution in [2.75, 3.05) is 0 Å². The van der Waals surface area contributed by atoms with Crippen LogP contribution < -0.4 is 10.4 Å². The van der Waals surface area contributed by atoms with Crippen molar-refractivity contribution in [3.63, 3.8) is 0 Å². The number of rotatable bonds is 5. The molecule has 5 nitrogen and oxygen atoms in total. The van der Waals surface area contributed by atoms with Gasteiger partial charge in [0.25, 0.3) is 0 Å². The van der Waals surface area contributed by atoms with Gasteiger partial charge in [0, 0.05) is 17.0 Å². The van der Waals surface area contributed by atoms with Crippen LogP contribution in [0.5, 0.6) is 5.75 Å². The molecule has 1 aliphatic carbocycles. The quantitative estimate of drug-likeness (QED) is 0.509. The second kappa shape index (κ2) is 7.27. The van der Waals surface area contributed by atoms with E-state index in [0.717, 1.165) is 24.6 Å². The molecule has 0 radical (unpaired) electrons. The number of hydrogen-bond acceptors (Lipinski definition) is 5. The molecule has 0 saturated heterocycles. The molecule has 1 unspecified atom stereocenters. The third-order valence-corrected chi connectivity index (χ3v) is 4.80. The molecule has 27 heavy (non-hydrogen) atoms. The fraction of sp³-hybridized carbons (Fsp3) is 0.273. The van der Waals surface area contributed by atoms with E-state index >= 15 is 0 Å². The van der Waals surface area contributed by atoms with Gasteiger partial charge in [-0.2, -0.15) is 0 Å². The zero-order chi connectivity index (χ0) is 18.8. The fourth-order valence-corrected chi connectivity index (χ4v) is 3.43. The highest BCUT2D eigenvalue weighted by Crippen LogP contribution is 2.28. The molecule has 0 amide bonds. The van der Waals surface area contributed by atoms with Crippen LogP contribution in [-0.2, 0) is 29.0 Å². The summed E-state index contributed by atoms with van der Waals surface area (Å²) >= 11 is 0. The van der Waals surface area contributed by atoms with E-state index in [2.05, 4.69) is 0 Å². The summed E-state index contributed by atoms with van der Waals surface area (Å²) in [5.74, 6) is 0.115. The first-order valence-corrected chi connectivity index (χ1v) is 9.07. The molecule has 0 spiro atoms. The molecule has 4 rings (SSSR count). The maximum absolute atomic E-state index is 12.3. The Morgan fingerprint density at radius 1 is 1.11 bits per heavy atom. The highest BCUT2D eigenvalue weighted by Gasteiger charge is 2.19. The molecular formula is C22H20O5. The average molecular weight is 364 g/mol. The summed E-state index contributed by atoms with van der Waals surface area (Å²) in [7, 11) is 0. The summed E-state index contributed by atoms with van der Waals surface area (Å²) in [6, 6.07) is 14.5. The van der Waals surface area contributed by atoms with Gasteiger partial charge in [0.1, 0.15) is 17.9 Å². The lowest BCUT2D eigenvalue weighted by molar-refractivity contribution is -0.152. The number of ether oxygens (including phenoxy) is 2. The summed E-state index contributed by atoms with van der Waals surface area (Å²) in [6.07, 6.45) is 2.38. The van der Waals surface area contributed by atoms with Gasteiger partial charge in [-0.3, -0.25) is 0 Å². The molecule has 1 heterocycles. The van der Waals surface area contributed by atoms with Crippen LogP contribution in [0.15, 0.2) is 57.7 Å². The Morgan fingerprint density at radius 3 is 2.63 bits per heavy atom. The summed E-state index contributed by atoms with van der Waals surface area (Å²) in [5.41, 5.74) is 3.24. The first-order valence-electron chi connectivity index (χ1n) is 9.07. The van der Waals surface area contributed by atoms with E-state index in [1.54, 1.807) is 19.1 Å². The number of fused-ring (bicyclic) bond motifs is 2. The van der Waals surface area contributed by atoms with Crippen LogP contribution in [0.3, 0.4) is 0 Å². The van der Waals surface area contributed by atoms with E-state index in [0.29, 0.717) is 16.9 Å². The van der Waals surface area contributed by atoms with Crippen LogP contribution in [0.1, 0.15) is 30.0 Å². The first kappa shape index (κ1) is 17.3. The third-order valence-electron chi connectivity index (χ3n) is 4.80. The molecule has 138 valence electrons. The van der Waals surface area contributed by atoms with Crippen molar-refractivity contribution >= 4 is 16.9 Å². The van der Waals surface area contributed by atoms with Gasteiger partial charge in [-0.15, -0.1) is 0 Å². The van der Waals surface area contributed by atoms with Gasteiger partial charge < -0.3 is 13.9 Å². The van der Waals surface area contributed by atoms with E-state index in [1.165, 1.54) is 17.2 Å². The third kappa shape index (κ3) is 3.72. The van der Waals surface area contributed by atoms with Crippen molar-refractivity contribution in [2.24, 2.45) is 0 Å². The van der Waals surface area contributed by atoms with E-state index in [1.807, 2.05) is 30.3 Å².